The lowest BCUT2D eigenvalue weighted by Gasteiger charge is -2.19. The summed E-state index contributed by atoms with van der Waals surface area (Å²) in [5, 5.41) is 5.77. The number of fused-ring (bicyclic) bond motifs is 5. The van der Waals surface area contributed by atoms with Crippen molar-refractivity contribution in [2.75, 3.05) is 11.9 Å². The molecule has 0 atom stereocenters. The number of carbonyl (C=O) groups excluding carboxylic acids is 1. The van der Waals surface area contributed by atoms with Crippen LogP contribution in [-0.4, -0.2) is 32.4 Å². The first-order valence-corrected chi connectivity index (χ1v) is 8.95. The lowest BCUT2D eigenvalue weighted by Crippen LogP contribution is -2.32. The first-order valence-electron chi connectivity index (χ1n) is 8.57. The number of rotatable bonds is 2. The number of halogens is 2. The van der Waals surface area contributed by atoms with Gasteiger partial charge >= 0.3 is 0 Å². The molecule has 0 unspecified atom stereocenters. The molecule has 0 bridgehead atoms. The van der Waals surface area contributed by atoms with E-state index in [0.717, 1.165) is 16.8 Å². The van der Waals surface area contributed by atoms with Gasteiger partial charge in [0.2, 0.25) is 5.28 Å². The molecular formula is C18H14ClFN6O. The summed E-state index contributed by atoms with van der Waals surface area (Å²) in [6, 6.07) is 1.58. The van der Waals surface area contributed by atoms with E-state index in [4.69, 9.17) is 11.6 Å². The Balaban J connectivity index is 1.62. The number of nitrogens with zero attached hydrogens (tertiary/aromatic N) is 3. The van der Waals surface area contributed by atoms with Gasteiger partial charge < -0.3 is 15.6 Å². The largest absolute Gasteiger partial charge is 0.357 e. The highest BCUT2D eigenvalue weighted by atomic mass is 35.5. The van der Waals surface area contributed by atoms with E-state index in [2.05, 4.69) is 30.6 Å². The van der Waals surface area contributed by atoms with Gasteiger partial charge in [0.15, 0.2) is 11.6 Å². The lowest BCUT2D eigenvalue weighted by molar-refractivity contribution is 0.0945. The van der Waals surface area contributed by atoms with E-state index in [1.807, 2.05) is 0 Å². The number of carbonyl (C=O) groups is 1. The van der Waals surface area contributed by atoms with E-state index in [9.17, 15) is 4.79 Å². The number of H-pyrrole nitrogens is 1. The van der Waals surface area contributed by atoms with E-state index >= 15 is 4.39 Å². The minimum Gasteiger partial charge on any atom is -0.357 e. The van der Waals surface area contributed by atoms with E-state index in [-0.39, 0.29) is 17.0 Å². The van der Waals surface area contributed by atoms with Crippen LogP contribution in [0.4, 0.5) is 16.0 Å². The Morgan fingerprint density at radius 2 is 2.07 bits per heavy atom. The number of amides is 1. The fraction of sp³-hybridized carbons (Fsp3) is 0.222. The monoisotopic (exact) mass is 384 g/mol. The quantitative estimate of drug-likeness (QED) is 0.590. The molecule has 4 heterocycles. The first-order chi connectivity index (χ1) is 13.1. The third-order valence-corrected chi connectivity index (χ3v) is 5.12. The molecule has 0 fully saturated rings. The van der Waals surface area contributed by atoms with Crippen molar-refractivity contribution in [3.05, 3.63) is 51.9 Å². The van der Waals surface area contributed by atoms with Crippen LogP contribution in [0, 0.1) is 5.82 Å². The van der Waals surface area contributed by atoms with Crippen LogP contribution >= 0.6 is 11.6 Å². The smallest absolute Gasteiger partial charge is 0.253 e. The maximum Gasteiger partial charge on any atom is 0.253 e. The third-order valence-electron chi connectivity index (χ3n) is 4.93. The Labute approximate surface area is 158 Å². The molecule has 7 nitrogen and oxygen atoms in total. The van der Waals surface area contributed by atoms with Crippen molar-refractivity contribution in [1.82, 2.24) is 25.3 Å². The second-order valence-corrected chi connectivity index (χ2v) is 6.83. The Hall–Kier alpha value is -3.00. The van der Waals surface area contributed by atoms with Crippen molar-refractivity contribution in [2.24, 2.45) is 0 Å². The summed E-state index contributed by atoms with van der Waals surface area (Å²) >= 11 is 5.79. The van der Waals surface area contributed by atoms with E-state index in [1.165, 1.54) is 6.20 Å². The minimum atomic E-state index is -0.484. The molecule has 3 aromatic heterocycles. The Kier molecular flexibility index (Phi) is 3.61. The van der Waals surface area contributed by atoms with Crippen molar-refractivity contribution < 1.29 is 9.18 Å². The fourth-order valence-corrected chi connectivity index (χ4v) is 3.91. The average molecular weight is 385 g/mol. The van der Waals surface area contributed by atoms with Gasteiger partial charge in [-0.3, -0.25) is 4.79 Å². The molecular weight excluding hydrogens is 371 g/mol. The van der Waals surface area contributed by atoms with Gasteiger partial charge in [0.1, 0.15) is 5.82 Å². The highest BCUT2D eigenvalue weighted by molar-refractivity contribution is 6.28. The summed E-state index contributed by atoms with van der Waals surface area (Å²) in [4.78, 5) is 27.6. The summed E-state index contributed by atoms with van der Waals surface area (Å²) in [7, 11) is 0. The molecule has 0 aromatic carbocycles. The van der Waals surface area contributed by atoms with E-state index in [1.54, 1.807) is 12.3 Å². The molecule has 9 heteroatoms. The summed E-state index contributed by atoms with van der Waals surface area (Å²) in [6.07, 6.45) is 5.15. The maximum absolute atomic E-state index is 15.4. The predicted octanol–water partition coefficient (Wildman–Crippen LogP) is 2.79. The van der Waals surface area contributed by atoms with E-state index < -0.39 is 5.82 Å². The van der Waals surface area contributed by atoms with Crippen LogP contribution in [0.1, 0.15) is 27.2 Å². The van der Waals surface area contributed by atoms with Crippen LogP contribution in [-0.2, 0) is 19.3 Å². The maximum atomic E-state index is 15.4. The fourth-order valence-electron chi connectivity index (χ4n) is 3.77. The topological polar surface area (TPSA) is 95.6 Å². The third kappa shape index (κ3) is 2.56. The molecule has 0 saturated carbocycles. The second kappa shape index (κ2) is 6.02. The van der Waals surface area contributed by atoms with Crippen molar-refractivity contribution in [2.45, 2.75) is 19.3 Å². The van der Waals surface area contributed by atoms with Crippen LogP contribution in [0.15, 0.2) is 18.5 Å². The molecule has 2 aliphatic rings. The molecule has 0 radical (unpaired) electrons. The first kappa shape index (κ1) is 16.2. The van der Waals surface area contributed by atoms with Gasteiger partial charge in [-0.1, -0.05) is 0 Å². The average Bonchev–Trinajstić information content (AvgIpc) is 3.04. The summed E-state index contributed by atoms with van der Waals surface area (Å²) in [5.74, 6) is -0.182. The number of anilines is 2. The molecule has 0 saturated heterocycles. The SMILES string of the molecule is O=C1NCCc2[nH]c3c(c21)CCc1cnc(Nc2ccnc(Cl)n2)c(F)c1-3. The van der Waals surface area contributed by atoms with Gasteiger partial charge in [0.05, 0.1) is 11.3 Å². The van der Waals surface area contributed by atoms with E-state index in [0.29, 0.717) is 48.4 Å². The molecule has 27 heavy (non-hydrogen) atoms. The molecule has 3 N–H and O–H groups in total. The number of hydrogen-bond donors (Lipinski definition) is 3. The molecule has 1 aliphatic carbocycles. The highest BCUT2D eigenvalue weighted by Crippen LogP contribution is 2.40. The Morgan fingerprint density at radius 3 is 2.93 bits per heavy atom. The van der Waals surface area contributed by atoms with Crippen molar-refractivity contribution in [1.29, 1.82) is 0 Å². The standard InChI is InChI=1S/C18H14ClFN6O/c19-18-22-6-4-11(26-18)25-16-14(20)12-8(7-23-16)1-2-9-13-10(24-15(9)12)3-5-21-17(13)27/h4,6-7,24H,1-3,5H2,(H,21,27)(H,22,23,25,26). The molecule has 3 aromatic rings. The second-order valence-electron chi connectivity index (χ2n) is 6.49. The zero-order valence-corrected chi connectivity index (χ0v) is 14.8. The zero-order valence-electron chi connectivity index (χ0n) is 14.1. The van der Waals surface area contributed by atoms with Crippen LogP contribution in [0.2, 0.25) is 5.28 Å². The predicted molar refractivity (Wildman–Crippen MR) is 97.8 cm³/mol. The summed E-state index contributed by atoms with van der Waals surface area (Å²) in [5.41, 5.74) is 4.33. The molecule has 136 valence electrons. The van der Waals surface area contributed by atoms with Crippen molar-refractivity contribution >= 4 is 29.1 Å². The van der Waals surface area contributed by atoms with Crippen LogP contribution in [0.5, 0.6) is 0 Å². The molecule has 1 amide bonds. The Morgan fingerprint density at radius 1 is 1.19 bits per heavy atom. The minimum absolute atomic E-state index is 0.0494. The van der Waals surface area contributed by atoms with Gasteiger partial charge in [-0.25, -0.2) is 19.3 Å². The van der Waals surface area contributed by atoms with Gasteiger partial charge in [-0.2, -0.15) is 0 Å². The summed E-state index contributed by atoms with van der Waals surface area (Å²) in [6.45, 7) is 0.582. The molecule has 0 spiro atoms. The van der Waals surface area contributed by atoms with Crippen LogP contribution in [0.25, 0.3) is 11.3 Å². The van der Waals surface area contributed by atoms with Gasteiger partial charge in [0.25, 0.3) is 5.91 Å². The number of aryl methyl sites for hydroxylation is 1. The number of pyridine rings is 1. The summed E-state index contributed by atoms with van der Waals surface area (Å²) < 4.78 is 15.4. The molecule has 5 rings (SSSR count). The lowest BCUT2D eigenvalue weighted by atomic mass is 9.88. The number of nitrogens with one attached hydrogen (secondary N) is 3. The van der Waals surface area contributed by atoms with Crippen LogP contribution < -0.4 is 10.6 Å². The van der Waals surface area contributed by atoms with Gasteiger partial charge in [0, 0.05) is 36.6 Å². The van der Waals surface area contributed by atoms with Crippen molar-refractivity contribution in [3.63, 3.8) is 0 Å². The highest BCUT2D eigenvalue weighted by Gasteiger charge is 2.32. The normalized spacial score (nSPS) is 14.8. The van der Waals surface area contributed by atoms with Crippen LogP contribution in [0.3, 0.4) is 0 Å². The molecule has 1 aliphatic heterocycles. The number of aromatic amines is 1. The number of hydrogen-bond acceptors (Lipinski definition) is 5. The Bertz CT molecular complexity index is 1100. The van der Waals surface area contributed by atoms with Crippen molar-refractivity contribution in [3.8, 4) is 11.3 Å². The van der Waals surface area contributed by atoms with Gasteiger partial charge in [-0.15, -0.1) is 0 Å². The van der Waals surface area contributed by atoms with Gasteiger partial charge in [-0.05, 0) is 41.6 Å². The number of aromatic nitrogens is 4. The zero-order chi connectivity index (χ0) is 18.5.